The van der Waals surface area contributed by atoms with Gasteiger partial charge in [-0.1, -0.05) is 0 Å². The minimum absolute atomic E-state index is 0.0541. The van der Waals surface area contributed by atoms with Crippen LogP contribution in [0, 0.1) is 5.92 Å². The smallest absolute Gasteiger partial charge is 0.350 e. The van der Waals surface area contributed by atoms with Gasteiger partial charge in [0.05, 0.1) is 13.2 Å². The number of ether oxygens (including phenoxy) is 2. The lowest BCUT2D eigenvalue weighted by molar-refractivity contribution is -0.0178. The van der Waals surface area contributed by atoms with Crippen molar-refractivity contribution in [1.29, 1.82) is 0 Å². The van der Waals surface area contributed by atoms with Crippen LogP contribution in [0.25, 0.3) is 0 Å². The largest absolute Gasteiger partial charge is 0.388 e. The SMILES string of the molecule is O=c1ccn([C@@H]2OC[C@H](COCP(=O)(O)O)[C@H]2O)c(=O)[nH]1. The van der Waals surface area contributed by atoms with Crippen LogP contribution in [0.15, 0.2) is 21.9 Å². The highest BCUT2D eigenvalue weighted by Crippen LogP contribution is 2.35. The zero-order chi connectivity index (χ0) is 15.6. The van der Waals surface area contributed by atoms with Crippen molar-refractivity contribution in [3.05, 3.63) is 33.1 Å². The molecule has 0 spiro atoms. The highest BCUT2D eigenvalue weighted by Gasteiger charge is 2.38. The molecule has 0 saturated carbocycles. The van der Waals surface area contributed by atoms with Crippen molar-refractivity contribution in [1.82, 2.24) is 9.55 Å². The van der Waals surface area contributed by atoms with Gasteiger partial charge in [0.25, 0.3) is 5.56 Å². The van der Waals surface area contributed by atoms with Crippen LogP contribution < -0.4 is 11.2 Å². The molecular formula is C10H15N2O8P. The first kappa shape index (κ1) is 16.1. The Bertz CT molecular complexity index is 649. The third-order valence-corrected chi connectivity index (χ3v) is 3.49. The summed E-state index contributed by atoms with van der Waals surface area (Å²) in [6, 6.07) is 1.12. The van der Waals surface area contributed by atoms with E-state index in [1.165, 1.54) is 6.20 Å². The summed E-state index contributed by atoms with van der Waals surface area (Å²) in [7, 11) is -4.27. The van der Waals surface area contributed by atoms with Crippen LogP contribution in [0.1, 0.15) is 6.23 Å². The van der Waals surface area contributed by atoms with Gasteiger partial charge in [-0.05, 0) is 0 Å². The summed E-state index contributed by atoms with van der Waals surface area (Å²) in [5.74, 6) is -0.541. The molecule has 1 aliphatic rings. The maximum Gasteiger partial charge on any atom is 0.350 e. The third kappa shape index (κ3) is 4.10. The van der Waals surface area contributed by atoms with Crippen molar-refractivity contribution in [2.75, 3.05) is 19.6 Å². The van der Waals surface area contributed by atoms with E-state index in [0.717, 1.165) is 10.6 Å². The first-order valence-electron chi connectivity index (χ1n) is 6.01. The first-order valence-corrected chi connectivity index (χ1v) is 7.81. The lowest BCUT2D eigenvalue weighted by atomic mass is 10.1. The minimum atomic E-state index is -4.27. The van der Waals surface area contributed by atoms with Gasteiger partial charge in [0.1, 0.15) is 12.5 Å². The van der Waals surface area contributed by atoms with E-state index >= 15 is 0 Å². The Morgan fingerprint density at radius 2 is 2.19 bits per heavy atom. The molecule has 0 unspecified atom stereocenters. The maximum atomic E-state index is 11.6. The number of aliphatic hydroxyl groups is 1. The van der Waals surface area contributed by atoms with Gasteiger partial charge in [-0.15, -0.1) is 0 Å². The molecule has 1 aromatic rings. The third-order valence-electron chi connectivity index (χ3n) is 2.97. The van der Waals surface area contributed by atoms with Crippen LogP contribution in [0.2, 0.25) is 0 Å². The topological polar surface area (TPSA) is 151 Å². The fourth-order valence-corrected chi connectivity index (χ4v) is 2.34. The molecule has 0 amide bonds. The van der Waals surface area contributed by atoms with E-state index in [1.807, 2.05) is 4.98 Å². The van der Waals surface area contributed by atoms with Gasteiger partial charge in [-0.2, -0.15) is 0 Å². The Morgan fingerprint density at radius 1 is 1.48 bits per heavy atom. The summed E-state index contributed by atoms with van der Waals surface area (Å²) in [5, 5.41) is 10.1. The van der Waals surface area contributed by atoms with E-state index in [2.05, 4.69) is 0 Å². The quantitative estimate of drug-likeness (QED) is 0.463. The predicted molar refractivity (Wildman–Crippen MR) is 68.7 cm³/mol. The summed E-state index contributed by atoms with van der Waals surface area (Å²) in [5.41, 5.74) is -1.28. The Hall–Kier alpha value is -1.29. The van der Waals surface area contributed by atoms with Crippen LogP contribution in [0.4, 0.5) is 0 Å². The van der Waals surface area contributed by atoms with Crippen molar-refractivity contribution < 1.29 is 28.9 Å². The Labute approximate surface area is 118 Å². The number of hydrogen-bond acceptors (Lipinski definition) is 6. The normalized spacial score (nSPS) is 26.1. The lowest BCUT2D eigenvalue weighted by Crippen LogP contribution is -2.36. The molecule has 118 valence electrons. The molecule has 0 aliphatic carbocycles. The Balaban J connectivity index is 2.01. The van der Waals surface area contributed by atoms with E-state index in [4.69, 9.17) is 19.3 Å². The molecule has 1 fully saturated rings. The van der Waals surface area contributed by atoms with Crippen molar-refractivity contribution in [3.8, 4) is 0 Å². The fraction of sp³-hybridized carbons (Fsp3) is 0.600. The monoisotopic (exact) mass is 322 g/mol. The van der Waals surface area contributed by atoms with Crippen molar-refractivity contribution in [3.63, 3.8) is 0 Å². The van der Waals surface area contributed by atoms with Crippen LogP contribution in [0.3, 0.4) is 0 Å². The molecule has 3 atom stereocenters. The van der Waals surface area contributed by atoms with E-state index in [1.54, 1.807) is 0 Å². The molecule has 1 aromatic heterocycles. The predicted octanol–water partition coefficient (Wildman–Crippen LogP) is -1.81. The molecule has 2 rings (SSSR count). The van der Waals surface area contributed by atoms with Gasteiger partial charge in [0, 0.05) is 18.2 Å². The number of nitrogens with zero attached hydrogens (tertiary/aromatic N) is 1. The molecule has 1 saturated heterocycles. The van der Waals surface area contributed by atoms with E-state index in [9.17, 15) is 19.3 Å². The average molecular weight is 322 g/mol. The summed E-state index contributed by atoms with van der Waals surface area (Å²) >= 11 is 0. The van der Waals surface area contributed by atoms with Gasteiger partial charge >= 0.3 is 13.3 Å². The summed E-state index contributed by atoms with van der Waals surface area (Å²) in [6.45, 7) is -0.0700. The zero-order valence-corrected chi connectivity index (χ0v) is 11.7. The molecule has 10 nitrogen and oxygen atoms in total. The number of nitrogens with one attached hydrogen (secondary N) is 1. The molecule has 0 radical (unpaired) electrons. The summed E-state index contributed by atoms with van der Waals surface area (Å²) in [4.78, 5) is 41.9. The van der Waals surface area contributed by atoms with E-state index in [0.29, 0.717) is 0 Å². The Morgan fingerprint density at radius 3 is 2.81 bits per heavy atom. The van der Waals surface area contributed by atoms with Crippen LogP contribution in [0.5, 0.6) is 0 Å². The van der Waals surface area contributed by atoms with Gasteiger partial charge in [0.2, 0.25) is 0 Å². The molecule has 0 aromatic carbocycles. The minimum Gasteiger partial charge on any atom is -0.388 e. The number of aliphatic hydroxyl groups excluding tert-OH is 1. The molecule has 1 aliphatic heterocycles. The average Bonchev–Trinajstić information content (AvgIpc) is 2.70. The second kappa shape index (κ2) is 6.22. The second-order valence-electron chi connectivity index (χ2n) is 4.66. The first-order chi connectivity index (χ1) is 9.78. The van der Waals surface area contributed by atoms with Crippen molar-refractivity contribution in [2.45, 2.75) is 12.3 Å². The number of aromatic amines is 1. The van der Waals surface area contributed by atoms with Crippen LogP contribution in [-0.2, 0) is 14.0 Å². The second-order valence-corrected chi connectivity index (χ2v) is 6.24. The van der Waals surface area contributed by atoms with E-state index in [-0.39, 0.29) is 13.2 Å². The number of H-pyrrole nitrogens is 1. The highest BCUT2D eigenvalue weighted by molar-refractivity contribution is 7.51. The molecule has 21 heavy (non-hydrogen) atoms. The molecule has 0 bridgehead atoms. The lowest BCUT2D eigenvalue weighted by Gasteiger charge is -2.19. The molecule has 2 heterocycles. The fourth-order valence-electron chi connectivity index (χ4n) is 1.99. The summed E-state index contributed by atoms with van der Waals surface area (Å²) < 4.78 is 21.8. The highest BCUT2D eigenvalue weighted by atomic mass is 31.2. The molecule has 4 N–H and O–H groups in total. The molecule has 11 heteroatoms. The van der Waals surface area contributed by atoms with Crippen molar-refractivity contribution >= 4 is 7.60 Å². The Kier molecular flexibility index (Phi) is 4.77. The van der Waals surface area contributed by atoms with Gasteiger partial charge in [-0.25, -0.2) is 4.79 Å². The van der Waals surface area contributed by atoms with Gasteiger partial charge in [-0.3, -0.25) is 18.9 Å². The number of rotatable bonds is 5. The summed E-state index contributed by atoms with van der Waals surface area (Å²) in [6.07, 6.45) is -1.64. The van der Waals surface area contributed by atoms with E-state index < -0.39 is 43.4 Å². The van der Waals surface area contributed by atoms with Gasteiger partial charge < -0.3 is 24.4 Å². The van der Waals surface area contributed by atoms with Crippen molar-refractivity contribution in [2.24, 2.45) is 5.92 Å². The molecular weight excluding hydrogens is 307 g/mol. The number of aromatic nitrogens is 2. The van der Waals surface area contributed by atoms with Crippen LogP contribution >= 0.6 is 7.60 Å². The van der Waals surface area contributed by atoms with Crippen LogP contribution in [-0.4, -0.2) is 50.1 Å². The standard InChI is InChI=1S/C10H15N2O8P/c13-7-1-2-12(10(15)11-7)9-8(14)6(4-20-9)3-19-5-21(16,17)18/h1-2,6,8-9,14H,3-5H2,(H,11,13,15)(H2,16,17,18)/t6-,8+,9+/m0/s1. The zero-order valence-electron chi connectivity index (χ0n) is 10.8. The van der Waals surface area contributed by atoms with Gasteiger partial charge in [0.15, 0.2) is 6.23 Å². The maximum absolute atomic E-state index is 11.6. The number of hydrogen-bond donors (Lipinski definition) is 4.